The zero-order valence-electron chi connectivity index (χ0n) is 16.4. The standard InChI is InChI=1S/C19H27FN4O.C2H2/c1-5-9-15(7-3)18-22-19(24-23-18)21-13-12-17(25)14(6-2)10-11-16(20)8-4;1-2/h5-11,17,25H,12-13H2,1-4H3,(H2,21,22,23,24);1-2H/b9-5-,11-10-,14-6+,15-7+,16-8+;. The lowest BCUT2D eigenvalue weighted by Gasteiger charge is -2.11. The molecule has 0 saturated carbocycles. The number of anilines is 1. The van der Waals surface area contributed by atoms with Crippen LogP contribution in [0.5, 0.6) is 0 Å². The van der Waals surface area contributed by atoms with Gasteiger partial charge in [0.05, 0.1) is 6.10 Å². The number of aromatic nitrogens is 3. The van der Waals surface area contributed by atoms with Crippen LogP contribution in [0.15, 0.2) is 53.9 Å². The predicted octanol–water partition coefficient (Wildman–Crippen LogP) is 4.57. The Morgan fingerprint density at radius 3 is 2.41 bits per heavy atom. The highest BCUT2D eigenvalue weighted by Gasteiger charge is 2.09. The molecule has 0 aliphatic heterocycles. The van der Waals surface area contributed by atoms with Crippen molar-refractivity contribution >= 4 is 11.5 Å². The van der Waals surface area contributed by atoms with Gasteiger partial charge in [0.1, 0.15) is 5.83 Å². The maximum atomic E-state index is 13.1. The first kappa shape index (κ1) is 24.1. The second-order valence-corrected chi connectivity index (χ2v) is 5.28. The number of H-pyrrole nitrogens is 1. The Hall–Kier alpha value is -2.91. The van der Waals surface area contributed by atoms with Crippen LogP contribution in [0, 0.1) is 12.8 Å². The first-order chi connectivity index (χ1) is 13.0. The van der Waals surface area contributed by atoms with E-state index in [0.29, 0.717) is 30.3 Å². The molecule has 0 aliphatic carbocycles. The second-order valence-electron chi connectivity index (χ2n) is 5.28. The van der Waals surface area contributed by atoms with Crippen molar-refractivity contribution in [2.24, 2.45) is 0 Å². The Morgan fingerprint density at radius 2 is 1.85 bits per heavy atom. The van der Waals surface area contributed by atoms with Crippen LogP contribution in [0.1, 0.15) is 39.9 Å². The van der Waals surface area contributed by atoms with Crippen LogP contribution in [0.4, 0.5) is 10.3 Å². The Kier molecular flexibility index (Phi) is 12.7. The van der Waals surface area contributed by atoms with E-state index in [1.165, 1.54) is 12.2 Å². The molecule has 27 heavy (non-hydrogen) atoms. The van der Waals surface area contributed by atoms with E-state index < -0.39 is 6.10 Å². The molecular formula is C21H29FN4O. The minimum absolute atomic E-state index is 0.334. The molecule has 0 bridgehead atoms. The SMILES string of the molecule is C#C.C/C=C\C(=C/C)c1nc(NCCC(O)C(/C=C\C(F)=C/C)=C/C)n[nH]1. The van der Waals surface area contributed by atoms with Crippen LogP contribution in [0.3, 0.4) is 0 Å². The molecule has 5 nitrogen and oxygen atoms in total. The maximum Gasteiger partial charge on any atom is 0.242 e. The third-order valence-electron chi connectivity index (χ3n) is 3.55. The number of halogens is 1. The minimum atomic E-state index is -0.689. The van der Waals surface area contributed by atoms with Crippen LogP contribution >= 0.6 is 0 Å². The van der Waals surface area contributed by atoms with Gasteiger partial charge in [-0.2, -0.15) is 4.98 Å². The monoisotopic (exact) mass is 372 g/mol. The summed E-state index contributed by atoms with van der Waals surface area (Å²) in [6.45, 7) is 7.80. The van der Waals surface area contributed by atoms with Gasteiger partial charge in [0.2, 0.25) is 5.95 Å². The Balaban J connectivity index is 0.00000326. The average Bonchev–Trinajstić information content (AvgIpc) is 3.16. The molecule has 1 unspecified atom stereocenters. The highest BCUT2D eigenvalue weighted by Crippen LogP contribution is 2.14. The molecule has 0 saturated heterocycles. The van der Waals surface area contributed by atoms with Gasteiger partial charge in [0.15, 0.2) is 5.82 Å². The van der Waals surface area contributed by atoms with Gasteiger partial charge < -0.3 is 10.4 Å². The number of nitrogens with one attached hydrogen (secondary N) is 2. The highest BCUT2D eigenvalue weighted by molar-refractivity contribution is 5.69. The summed E-state index contributed by atoms with van der Waals surface area (Å²) in [4.78, 5) is 4.37. The number of aromatic amines is 1. The minimum Gasteiger partial charge on any atom is -0.388 e. The molecule has 1 heterocycles. The first-order valence-electron chi connectivity index (χ1n) is 8.68. The molecule has 0 aliphatic rings. The van der Waals surface area contributed by atoms with E-state index in [-0.39, 0.29) is 5.83 Å². The summed E-state index contributed by atoms with van der Waals surface area (Å²) in [6, 6.07) is 0. The van der Waals surface area contributed by atoms with Crippen molar-refractivity contribution in [2.45, 2.75) is 40.2 Å². The molecular weight excluding hydrogens is 343 g/mol. The number of aliphatic hydroxyl groups is 1. The van der Waals surface area contributed by atoms with Gasteiger partial charge in [-0.25, -0.2) is 4.39 Å². The molecule has 0 aromatic carbocycles. The molecule has 1 rings (SSSR count). The molecule has 1 atom stereocenters. The van der Waals surface area contributed by atoms with Gasteiger partial charge in [0.25, 0.3) is 0 Å². The topological polar surface area (TPSA) is 73.8 Å². The van der Waals surface area contributed by atoms with E-state index in [9.17, 15) is 9.50 Å². The number of hydrogen-bond donors (Lipinski definition) is 3. The van der Waals surface area contributed by atoms with E-state index in [4.69, 9.17) is 0 Å². The van der Waals surface area contributed by atoms with E-state index in [1.54, 1.807) is 19.1 Å². The summed E-state index contributed by atoms with van der Waals surface area (Å²) in [6.07, 6.45) is 19.7. The number of allylic oxidation sites excluding steroid dienone is 8. The fraction of sp³-hybridized carbons (Fsp3) is 0.333. The summed E-state index contributed by atoms with van der Waals surface area (Å²) in [5.74, 6) is 0.824. The fourth-order valence-corrected chi connectivity index (χ4v) is 2.12. The number of nitrogens with zero attached hydrogens (tertiary/aromatic N) is 2. The zero-order valence-corrected chi connectivity index (χ0v) is 16.4. The molecule has 146 valence electrons. The number of rotatable bonds is 9. The van der Waals surface area contributed by atoms with Crippen molar-refractivity contribution in [3.05, 3.63) is 59.8 Å². The van der Waals surface area contributed by atoms with E-state index in [2.05, 4.69) is 33.3 Å². The molecule has 0 fully saturated rings. The summed E-state index contributed by atoms with van der Waals surface area (Å²) >= 11 is 0. The fourth-order valence-electron chi connectivity index (χ4n) is 2.12. The lowest BCUT2D eigenvalue weighted by Crippen LogP contribution is -2.15. The van der Waals surface area contributed by atoms with Gasteiger partial charge in [-0.05, 0) is 45.8 Å². The van der Waals surface area contributed by atoms with E-state index >= 15 is 0 Å². The van der Waals surface area contributed by atoms with Crippen LogP contribution in [-0.2, 0) is 0 Å². The quantitative estimate of drug-likeness (QED) is 0.438. The van der Waals surface area contributed by atoms with Gasteiger partial charge in [-0.15, -0.1) is 17.9 Å². The first-order valence-corrected chi connectivity index (χ1v) is 8.68. The lowest BCUT2D eigenvalue weighted by atomic mass is 10.1. The molecule has 0 radical (unpaired) electrons. The van der Waals surface area contributed by atoms with Crippen molar-refractivity contribution in [2.75, 3.05) is 11.9 Å². The molecule has 3 N–H and O–H groups in total. The van der Waals surface area contributed by atoms with Gasteiger partial charge >= 0.3 is 0 Å². The number of hydrogen-bond acceptors (Lipinski definition) is 4. The molecule has 0 spiro atoms. The van der Waals surface area contributed by atoms with Crippen LogP contribution in [0.2, 0.25) is 0 Å². The van der Waals surface area contributed by atoms with Crippen LogP contribution in [0.25, 0.3) is 5.57 Å². The molecule has 0 amide bonds. The smallest absolute Gasteiger partial charge is 0.242 e. The summed E-state index contributed by atoms with van der Waals surface area (Å²) < 4.78 is 13.1. The van der Waals surface area contributed by atoms with Crippen molar-refractivity contribution in [3.63, 3.8) is 0 Å². The number of aliphatic hydroxyl groups excluding tert-OH is 1. The highest BCUT2D eigenvalue weighted by atomic mass is 19.1. The maximum absolute atomic E-state index is 13.1. The normalized spacial score (nSPS) is 14.3. The third kappa shape index (κ3) is 8.84. The van der Waals surface area contributed by atoms with Crippen LogP contribution in [-0.4, -0.2) is 32.9 Å². The van der Waals surface area contributed by atoms with Gasteiger partial charge in [0, 0.05) is 12.1 Å². The van der Waals surface area contributed by atoms with E-state index in [1.807, 2.05) is 39.0 Å². The Labute approximate surface area is 161 Å². The zero-order chi connectivity index (χ0) is 20.7. The lowest BCUT2D eigenvalue weighted by molar-refractivity contribution is 0.208. The van der Waals surface area contributed by atoms with Gasteiger partial charge in [-0.3, -0.25) is 5.10 Å². The van der Waals surface area contributed by atoms with Crippen molar-refractivity contribution in [3.8, 4) is 12.8 Å². The predicted molar refractivity (Wildman–Crippen MR) is 112 cm³/mol. The molecule has 1 aromatic rings. The summed E-state index contributed by atoms with van der Waals surface area (Å²) in [5, 5.41) is 20.3. The molecule has 6 heteroatoms. The van der Waals surface area contributed by atoms with Gasteiger partial charge in [-0.1, -0.05) is 36.5 Å². The van der Waals surface area contributed by atoms with Crippen LogP contribution < -0.4 is 5.32 Å². The average molecular weight is 372 g/mol. The van der Waals surface area contributed by atoms with Crippen molar-refractivity contribution < 1.29 is 9.50 Å². The third-order valence-corrected chi connectivity index (χ3v) is 3.55. The Morgan fingerprint density at radius 1 is 1.15 bits per heavy atom. The Bertz CT molecular complexity index is 724. The second kappa shape index (κ2) is 14.3. The number of terminal acetylenes is 1. The summed E-state index contributed by atoms with van der Waals surface area (Å²) in [7, 11) is 0. The van der Waals surface area contributed by atoms with Crippen molar-refractivity contribution in [1.29, 1.82) is 0 Å². The molecule has 1 aromatic heterocycles. The summed E-state index contributed by atoms with van der Waals surface area (Å²) in [5.41, 5.74) is 1.62. The van der Waals surface area contributed by atoms with E-state index in [0.717, 1.165) is 5.57 Å². The largest absolute Gasteiger partial charge is 0.388 e. The van der Waals surface area contributed by atoms with Crippen molar-refractivity contribution in [1.82, 2.24) is 15.2 Å².